The van der Waals surface area contributed by atoms with Gasteiger partial charge in [-0.3, -0.25) is 4.79 Å². The molecule has 7 heteroatoms. The lowest BCUT2D eigenvalue weighted by atomic mass is 10.00. The number of hydrogen-bond donors (Lipinski definition) is 1. The first-order valence-electron chi connectivity index (χ1n) is 7.28. The van der Waals surface area contributed by atoms with Crippen LogP contribution in [-0.4, -0.2) is 26.5 Å². The van der Waals surface area contributed by atoms with Crippen LogP contribution in [0.3, 0.4) is 0 Å². The van der Waals surface area contributed by atoms with Crippen LogP contribution in [0.1, 0.15) is 38.2 Å². The van der Waals surface area contributed by atoms with Crippen LogP contribution in [0.15, 0.2) is 27.6 Å². The van der Waals surface area contributed by atoms with E-state index in [1.54, 1.807) is 19.1 Å². The molecule has 1 aromatic carbocycles. The van der Waals surface area contributed by atoms with Gasteiger partial charge in [0.2, 0.25) is 10.0 Å². The number of sulfonamides is 1. The molecular formula is C15H20BrNO4S. The maximum absolute atomic E-state index is 12.6. The fraction of sp³-hybridized carbons (Fsp3) is 0.533. The van der Waals surface area contributed by atoms with Crippen molar-refractivity contribution in [2.45, 2.75) is 50.0 Å². The number of benzene rings is 1. The van der Waals surface area contributed by atoms with Crippen molar-refractivity contribution < 1.29 is 17.9 Å². The summed E-state index contributed by atoms with van der Waals surface area (Å²) >= 11 is 3.35. The first-order chi connectivity index (χ1) is 10.3. The van der Waals surface area contributed by atoms with Gasteiger partial charge in [0.05, 0.1) is 11.5 Å². The normalized spacial score (nSPS) is 17.4. The molecular weight excluding hydrogens is 370 g/mol. The molecule has 5 nitrogen and oxygen atoms in total. The van der Waals surface area contributed by atoms with Gasteiger partial charge in [0.15, 0.2) is 0 Å². The molecule has 0 aromatic heterocycles. The molecule has 0 saturated heterocycles. The van der Waals surface area contributed by atoms with Crippen molar-refractivity contribution in [2.75, 3.05) is 6.61 Å². The Labute approximate surface area is 139 Å². The van der Waals surface area contributed by atoms with Gasteiger partial charge in [-0.25, -0.2) is 8.42 Å². The fourth-order valence-corrected chi connectivity index (χ4v) is 4.44. The number of carbonyl (C=O) groups is 1. The lowest BCUT2D eigenvalue weighted by Crippen LogP contribution is -2.53. The SMILES string of the molecule is CCOC(=O)C1(NS(=O)(=O)c2ccc(Br)c(C)c2)CCCC1. The second kappa shape index (κ2) is 6.68. The van der Waals surface area contributed by atoms with Crippen molar-refractivity contribution in [1.29, 1.82) is 0 Å². The van der Waals surface area contributed by atoms with E-state index in [1.807, 2.05) is 6.92 Å². The highest BCUT2D eigenvalue weighted by Crippen LogP contribution is 2.33. The molecule has 22 heavy (non-hydrogen) atoms. The number of hydrogen-bond acceptors (Lipinski definition) is 4. The average molecular weight is 390 g/mol. The molecule has 0 atom stereocenters. The minimum absolute atomic E-state index is 0.156. The Balaban J connectivity index is 2.32. The fourth-order valence-electron chi connectivity index (χ4n) is 2.70. The minimum Gasteiger partial charge on any atom is -0.465 e. The zero-order valence-electron chi connectivity index (χ0n) is 12.7. The summed E-state index contributed by atoms with van der Waals surface area (Å²) in [4.78, 5) is 12.4. The van der Waals surface area contributed by atoms with Crippen molar-refractivity contribution in [1.82, 2.24) is 4.72 Å². The third kappa shape index (κ3) is 3.52. The maximum Gasteiger partial charge on any atom is 0.327 e. The summed E-state index contributed by atoms with van der Waals surface area (Å²) in [6.45, 7) is 3.77. The van der Waals surface area contributed by atoms with E-state index in [4.69, 9.17) is 4.74 Å². The zero-order valence-corrected chi connectivity index (χ0v) is 15.1. The average Bonchev–Trinajstić information content (AvgIpc) is 2.91. The van der Waals surface area contributed by atoms with E-state index >= 15 is 0 Å². The zero-order chi connectivity index (χ0) is 16.4. The van der Waals surface area contributed by atoms with Gasteiger partial charge < -0.3 is 4.74 Å². The van der Waals surface area contributed by atoms with E-state index in [1.165, 1.54) is 6.07 Å². The summed E-state index contributed by atoms with van der Waals surface area (Å²) in [5, 5.41) is 0. The summed E-state index contributed by atoms with van der Waals surface area (Å²) in [5.74, 6) is -0.482. The van der Waals surface area contributed by atoms with E-state index in [9.17, 15) is 13.2 Å². The molecule has 1 N–H and O–H groups in total. The molecule has 1 aromatic rings. The third-order valence-electron chi connectivity index (χ3n) is 3.89. The number of halogens is 1. The van der Waals surface area contributed by atoms with Gasteiger partial charge in [-0.15, -0.1) is 0 Å². The smallest absolute Gasteiger partial charge is 0.327 e. The van der Waals surface area contributed by atoms with E-state index in [0.717, 1.165) is 22.9 Å². The Hall–Kier alpha value is -0.920. The van der Waals surface area contributed by atoms with Crippen molar-refractivity contribution >= 4 is 31.9 Å². The third-order valence-corrected chi connectivity index (χ3v) is 6.32. The molecule has 0 aliphatic heterocycles. The molecule has 1 aliphatic carbocycles. The van der Waals surface area contributed by atoms with Gasteiger partial charge in [0, 0.05) is 4.47 Å². The molecule has 0 spiro atoms. The van der Waals surface area contributed by atoms with Crippen LogP contribution >= 0.6 is 15.9 Å². The van der Waals surface area contributed by atoms with Gasteiger partial charge in [-0.05, 0) is 50.5 Å². The molecule has 0 heterocycles. The van der Waals surface area contributed by atoms with Crippen LogP contribution in [-0.2, 0) is 19.6 Å². The molecule has 122 valence electrons. The molecule has 0 bridgehead atoms. The van der Waals surface area contributed by atoms with Crippen LogP contribution in [0.2, 0.25) is 0 Å². The second-order valence-corrected chi connectivity index (χ2v) is 8.06. The van der Waals surface area contributed by atoms with Gasteiger partial charge in [-0.2, -0.15) is 4.72 Å². The summed E-state index contributed by atoms with van der Waals surface area (Å²) in [5.41, 5.74) is -0.310. The van der Waals surface area contributed by atoms with Crippen molar-refractivity contribution in [3.63, 3.8) is 0 Å². The number of esters is 1. The predicted molar refractivity (Wildman–Crippen MR) is 87.0 cm³/mol. The lowest BCUT2D eigenvalue weighted by Gasteiger charge is -2.27. The summed E-state index contributed by atoms with van der Waals surface area (Å²) < 4.78 is 33.8. The molecule has 0 unspecified atom stereocenters. The Morgan fingerprint density at radius 2 is 2.00 bits per heavy atom. The highest BCUT2D eigenvalue weighted by molar-refractivity contribution is 9.10. The quantitative estimate of drug-likeness (QED) is 0.785. The van der Waals surface area contributed by atoms with Crippen molar-refractivity contribution in [2.24, 2.45) is 0 Å². The standard InChI is InChI=1S/C15H20BrNO4S/c1-3-21-14(18)15(8-4-5-9-15)17-22(19,20)12-6-7-13(16)11(2)10-12/h6-7,10,17H,3-5,8-9H2,1-2H3. The Morgan fingerprint density at radius 3 is 2.55 bits per heavy atom. The molecule has 0 radical (unpaired) electrons. The van der Waals surface area contributed by atoms with Crippen LogP contribution in [0.25, 0.3) is 0 Å². The Kier molecular flexibility index (Phi) is 5.29. The Morgan fingerprint density at radius 1 is 1.36 bits per heavy atom. The van der Waals surface area contributed by atoms with Gasteiger partial charge in [-0.1, -0.05) is 28.8 Å². The molecule has 1 aliphatic rings. The number of nitrogens with one attached hydrogen (secondary N) is 1. The van der Waals surface area contributed by atoms with E-state index in [2.05, 4.69) is 20.7 Å². The topological polar surface area (TPSA) is 72.5 Å². The minimum atomic E-state index is -3.78. The molecule has 1 saturated carbocycles. The van der Waals surface area contributed by atoms with Crippen LogP contribution in [0, 0.1) is 6.92 Å². The lowest BCUT2D eigenvalue weighted by molar-refractivity contribution is -0.150. The number of carbonyl (C=O) groups excluding carboxylic acids is 1. The first kappa shape index (κ1) is 17.4. The summed E-state index contributed by atoms with van der Waals surface area (Å²) in [6.07, 6.45) is 2.56. The monoisotopic (exact) mass is 389 g/mol. The summed E-state index contributed by atoms with van der Waals surface area (Å²) in [7, 11) is -3.78. The van der Waals surface area contributed by atoms with E-state index < -0.39 is 21.5 Å². The first-order valence-corrected chi connectivity index (χ1v) is 9.56. The van der Waals surface area contributed by atoms with Gasteiger partial charge in [0.1, 0.15) is 5.54 Å². The van der Waals surface area contributed by atoms with E-state index in [-0.39, 0.29) is 11.5 Å². The maximum atomic E-state index is 12.6. The van der Waals surface area contributed by atoms with Crippen molar-refractivity contribution in [3.05, 3.63) is 28.2 Å². The summed E-state index contributed by atoms with van der Waals surface area (Å²) in [6, 6.07) is 4.79. The predicted octanol–water partition coefficient (Wildman–Crippen LogP) is 2.91. The molecule has 2 rings (SSSR count). The molecule has 0 amide bonds. The van der Waals surface area contributed by atoms with Crippen molar-refractivity contribution in [3.8, 4) is 0 Å². The Bertz CT molecular complexity index is 666. The van der Waals surface area contributed by atoms with Gasteiger partial charge in [0.25, 0.3) is 0 Å². The number of aryl methyl sites for hydroxylation is 1. The second-order valence-electron chi connectivity index (χ2n) is 5.53. The van der Waals surface area contributed by atoms with Gasteiger partial charge >= 0.3 is 5.97 Å². The number of ether oxygens (including phenoxy) is 1. The highest BCUT2D eigenvalue weighted by atomic mass is 79.9. The van der Waals surface area contributed by atoms with Crippen LogP contribution in [0.5, 0.6) is 0 Å². The number of rotatable bonds is 5. The van der Waals surface area contributed by atoms with Crippen LogP contribution in [0.4, 0.5) is 0 Å². The largest absolute Gasteiger partial charge is 0.465 e. The highest BCUT2D eigenvalue weighted by Gasteiger charge is 2.45. The van der Waals surface area contributed by atoms with Crippen LogP contribution < -0.4 is 4.72 Å². The van der Waals surface area contributed by atoms with E-state index in [0.29, 0.717) is 12.8 Å². The molecule has 1 fully saturated rings.